The van der Waals surface area contributed by atoms with Gasteiger partial charge in [-0.2, -0.15) is 0 Å². The van der Waals surface area contributed by atoms with Crippen molar-refractivity contribution < 1.29 is 4.74 Å². The summed E-state index contributed by atoms with van der Waals surface area (Å²) in [5, 5.41) is 3.26. The zero-order chi connectivity index (χ0) is 9.68. The quantitative estimate of drug-likeness (QED) is 0.662. The second-order valence-corrected chi connectivity index (χ2v) is 4.56. The van der Waals surface area contributed by atoms with Crippen LogP contribution in [0.2, 0.25) is 0 Å². The molecule has 1 aromatic carbocycles. The molecule has 0 saturated heterocycles. The van der Waals surface area contributed by atoms with Crippen LogP contribution in [0.3, 0.4) is 0 Å². The minimum absolute atomic E-state index is 0.729. The van der Waals surface area contributed by atoms with Crippen LogP contribution in [0, 0.1) is 3.57 Å². The molecular weight excluding hydrogens is 345 g/mol. The van der Waals surface area contributed by atoms with E-state index in [-0.39, 0.29) is 0 Å². The molecular formula is C9H11BrINO. The third-order valence-electron chi connectivity index (χ3n) is 1.55. The van der Waals surface area contributed by atoms with Crippen LogP contribution >= 0.6 is 38.5 Å². The maximum absolute atomic E-state index is 4.94. The Bertz CT molecular complexity index is 280. The molecule has 0 unspecified atom stereocenters. The average Bonchev–Trinajstić information content (AvgIpc) is 2.12. The lowest BCUT2D eigenvalue weighted by atomic mass is 10.3. The number of methoxy groups -OCH3 is 1. The SMILES string of the molecule is COCCNc1ccc(Br)c(I)c1. The van der Waals surface area contributed by atoms with E-state index in [9.17, 15) is 0 Å². The Morgan fingerprint density at radius 2 is 2.31 bits per heavy atom. The average molecular weight is 356 g/mol. The second-order valence-electron chi connectivity index (χ2n) is 2.55. The topological polar surface area (TPSA) is 21.3 Å². The summed E-state index contributed by atoms with van der Waals surface area (Å²) >= 11 is 5.74. The lowest BCUT2D eigenvalue weighted by molar-refractivity contribution is 0.211. The Kier molecular flexibility index (Phi) is 5.05. The number of rotatable bonds is 4. The molecule has 2 nitrogen and oxygen atoms in total. The lowest BCUT2D eigenvalue weighted by Gasteiger charge is -2.06. The zero-order valence-electron chi connectivity index (χ0n) is 7.31. The largest absolute Gasteiger partial charge is 0.383 e. The molecule has 72 valence electrons. The fourth-order valence-electron chi connectivity index (χ4n) is 0.904. The van der Waals surface area contributed by atoms with Gasteiger partial charge in [-0.3, -0.25) is 0 Å². The molecule has 13 heavy (non-hydrogen) atoms. The van der Waals surface area contributed by atoms with Crippen molar-refractivity contribution in [2.24, 2.45) is 0 Å². The zero-order valence-corrected chi connectivity index (χ0v) is 11.1. The monoisotopic (exact) mass is 355 g/mol. The number of halogens is 2. The van der Waals surface area contributed by atoms with Crippen molar-refractivity contribution in [3.05, 3.63) is 26.2 Å². The van der Waals surface area contributed by atoms with E-state index < -0.39 is 0 Å². The molecule has 0 bridgehead atoms. The number of anilines is 1. The molecule has 0 spiro atoms. The van der Waals surface area contributed by atoms with Gasteiger partial charge < -0.3 is 10.1 Å². The fourth-order valence-corrected chi connectivity index (χ4v) is 1.67. The number of benzene rings is 1. The first-order chi connectivity index (χ1) is 6.24. The second kappa shape index (κ2) is 5.82. The highest BCUT2D eigenvalue weighted by Crippen LogP contribution is 2.22. The Labute approximate surface area is 100 Å². The summed E-state index contributed by atoms with van der Waals surface area (Å²) in [6, 6.07) is 6.18. The summed E-state index contributed by atoms with van der Waals surface area (Å²) < 4.78 is 7.28. The first-order valence-corrected chi connectivity index (χ1v) is 5.79. The van der Waals surface area contributed by atoms with Crippen molar-refractivity contribution in [1.29, 1.82) is 0 Å². The minimum Gasteiger partial charge on any atom is -0.383 e. The van der Waals surface area contributed by atoms with Crippen LogP contribution in [0.25, 0.3) is 0 Å². The van der Waals surface area contributed by atoms with E-state index in [1.165, 1.54) is 3.57 Å². The number of nitrogens with one attached hydrogen (secondary N) is 1. The Morgan fingerprint density at radius 3 is 2.92 bits per heavy atom. The van der Waals surface area contributed by atoms with E-state index in [2.05, 4.69) is 49.9 Å². The van der Waals surface area contributed by atoms with E-state index >= 15 is 0 Å². The maximum atomic E-state index is 4.94. The van der Waals surface area contributed by atoms with Crippen LogP contribution < -0.4 is 5.32 Å². The van der Waals surface area contributed by atoms with Crippen LogP contribution in [0.15, 0.2) is 22.7 Å². The molecule has 1 N–H and O–H groups in total. The van der Waals surface area contributed by atoms with E-state index in [0.717, 1.165) is 23.3 Å². The normalized spacial score (nSPS) is 10.1. The highest BCUT2D eigenvalue weighted by molar-refractivity contribution is 14.1. The number of hydrogen-bond donors (Lipinski definition) is 1. The third kappa shape index (κ3) is 3.83. The highest BCUT2D eigenvalue weighted by atomic mass is 127. The molecule has 0 aliphatic rings. The molecule has 4 heteroatoms. The standard InChI is InChI=1S/C9H11BrINO/c1-13-5-4-12-7-2-3-8(10)9(11)6-7/h2-3,6,12H,4-5H2,1H3. The van der Waals surface area contributed by atoms with Gasteiger partial charge in [0.2, 0.25) is 0 Å². The number of ether oxygens (including phenoxy) is 1. The maximum Gasteiger partial charge on any atom is 0.0635 e. The third-order valence-corrected chi connectivity index (χ3v) is 3.88. The summed E-state index contributed by atoms with van der Waals surface area (Å²) in [6.45, 7) is 1.57. The van der Waals surface area contributed by atoms with E-state index in [1.807, 2.05) is 12.1 Å². The molecule has 0 aliphatic heterocycles. The van der Waals surface area contributed by atoms with Crippen molar-refractivity contribution in [2.45, 2.75) is 0 Å². The molecule has 0 atom stereocenters. The van der Waals surface area contributed by atoms with Gasteiger partial charge in [0.1, 0.15) is 0 Å². The van der Waals surface area contributed by atoms with Crippen molar-refractivity contribution in [2.75, 3.05) is 25.6 Å². The van der Waals surface area contributed by atoms with Crippen LogP contribution in [0.1, 0.15) is 0 Å². The van der Waals surface area contributed by atoms with Gasteiger partial charge in [-0.25, -0.2) is 0 Å². The summed E-state index contributed by atoms with van der Waals surface area (Å²) in [4.78, 5) is 0. The Hall–Kier alpha value is 0.190. The smallest absolute Gasteiger partial charge is 0.0635 e. The van der Waals surface area contributed by atoms with Crippen LogP contribution in [0.4, 0.5) is 5.69 Å². The van der Waals surface area contributed by atoms with Crippen molar-refractivity contribution in [3.8, 4) is 0 Å². The van der Waals surface area contributed by atoms with Gasteiger partial charge in [0, 0.05) is 27.4 Å². The first kappa shape index (κ1) is 11.3. The van der Waals surface area contributed by atoms with Crippen LogP contribution in [-0.4, -0.2) is 20.3 Å². The van der Waals surface area contributed by atoms with Crippen molar-refractivity contribution in [1.82, 2.24) is 0 Å². The number of hydrogen-bond acceptors (Lipinski definition) is 2. The molecule has 0 aromatic heterocycles. The van der Waals surface area contributed by atoms with Gasteiger partial charge >= 0.3 is 0 Å². The van der Waals surface area contributed by atoms with Gasteiger partial charge in [0.15, 0.2) is 0 Å². The molecule has 1 aromatic rings. The highest BCUT2D eigenvalue weighted by Gasteiger charge is 1.97. The molecule has 0 aliphatic carbocycles. The predicted molar refractivity (Wildman–Crippen MR) is 67.2 cm³/mol. The predicted octanol–water partition coefficient (Wildman–Crippen LogP) is 3.11. The van der Waals surface area contributed by atoms with E-state index in [4.69, 9.17) is 4.74 Å². The summed E-state index contributed by atoms with van der Waals surface area (Å²) in [6.07, 6.45) is 0. The molecule has 0 saturated carbocycles. The Morgan fingerprint density at radius 1 is 1.54 bits per heavy atom. The van der Waals surface area contributed by atoms with Gasteiger partial charge in [0.05, 0.1) is 6.61 Å². The van der Waals surface area contributed by atoms with Crippen LogP contribution in [0.5, 0.6) is 0 Å². The summed E-state index contributed by atoms with van der Waals surface area (Å²) in [5.74, 6) is 0. The Balaban J connectivity index is 2.53. The fraction of sp³-hybridized carbons (Fsp3) is 0.333. The first-order valence-electron chi connectivity index (χ1n) is 3.92. The molecule has 0 amide bonds. The van der Waals surface area contributed by atoms with Gasteiger partial charge in [-0.1, -0.05) is 0 Å². The van der Waals surface area contributed by atoms with Gasteiger partial charge in [-0.05, 0) is 56.7 Å². The van der Waals surface area contributed by atoms with E-state index in [0.29, 0.717) is 0 Å². The summed E-state index contributed by atoms with van der Waals surface area (Å²) in [5.41, 5.74) is 1.13. The van der Waals surface area contributed by atoms with Crippen molar-refractivity contribution in [3.63, 3.8) is 0 Å². The van der Waals surface area contributed by atoms with E-state index in [1.54, 1.807) is 7.11 Å². The summed E-state index contributed by atoms with van der Waals surface area (Å²) in [7, 11) is 1.70. The van der Waals surface area contributed by atoms with Gasteiger partial charge in [-0.15, -0.1) is 0 Å². The minimum atomic E-state index is 0.729. The van der Waals surface area contributed by atoms with Gasteiger partial charge in [0.25, 0.3) is 0 Å². The molecule has 0 heterocycles. The molecule has 0 fully saturated rings. The lowest BCUT2D eigenvalue weighted by Crippen LogP contribution is -2.07. The van der Waals surface area contributed by atoms with Crippen molar-refractivity contribution >= 4 is 44.2 Å². The van der Waals surface area contributed by atoms with Crippen LogP contribution in [-0.2, 0) is 4.74 Å². The molecule has 0 radical (unpaired) electrons. The molecule has 1 rings (SSSR count).